The molecule has 0 radical (unpaired) electrons. The predicted molar refractivity (Wildman–Crippen MR) is 53.3 cm³/mol. The first-order chi connectivity index (χ1) is 6.09. The van der Waals surface area contributed by atoms with Gasteiger partial charge in [0.05, 0.1) is 6.61 Å². The number of rotatable bonds is 4. The molecule has 0 heterocycles. The van der Waals surface area contributed by atoms with Gasteiger partial charge in [-0.3, -0.25) is 0 Å². The van der Waals surface area contributed by atoms with E-state index in [-0.39, 0.29) is 13.2 Å². The monoisotopic (exact) mass is 186 g/mol. The van der Waals surface area contributed by atoms with Crippen molar-refractivity contribution in [2.24, 2.45) is 0 Å². The third kappa shape index (κ3) is 13.8. The molecule has 0 aromatic rings. The molecule has 0 aliphatic rings. The van der Waals surface area contributed by atoms with E-state index in [4.69, 9.17) is 5.11 Å². The quantitative estimate of drug-likeness (QED) is 0.413. The fraction of sp³-hybridized carbons (Fsp3) is 0.500. The molecule has 0 amide bonds. The molecular formula is C10H18O3. The average Bonchev–Trinajstić information content (AvgIpc) is 2.14. The van der Waals surface area contributed by atoms with Crippen molar-refractivity contribution in [2.75, 3.05) is 13.2 Å². The van der Waals surface area contributed by atoms with E-state index in [0.717, 1.165) is 6.42 Å². The molecule has 0 aliphatic heterocycles. The molecule has 13 heavy (non-hydrogen) atoms. The van der Waals surface area contributed by atoms with Crippen LogP contribution in [-0.2, 0) is 9.53 Å². The van der Waals surface area contributed by atoms with Crippen molar-refractivity contribution in [3.8, 4) is 0 Å². The molecule has 0 fully saturated rings. The molecule has 3 heteroatoms. The Balaban J connectivity index is 0. The lowest BCUT2D eigenvalue weighted by Gasteiger charge is -1.99. The molecule has 0 unspecified atom stereocenters. The first-order valence-electron chi connectivity index (χ1n) is 4.14. The van der Waals surface area contributed by atoms with Gasteiger partial charge < -0.3 is 9.84 Å². The van der Waals surface area contributed by atoms with E-state index in [9.17, 15) is 4.79 Å². The molecule has 0 saturated carbocycles. The molecule has 0 aromatic carbocycles. The minimum absolute atomic E-state index is 0.0473. The van der Waals surface area contributed by atoms with Gasteiger partial charge in [-0.25, -0.2) is 4.79 Å². The molecule has 76 valence electrons. The fourth-order valence-corrected chi connectivity index (χ4v) is 0.262. The van der Waals surface area contributed by atoms with E-state index >= 15 is 0 Å². The molecule has 0 aliphatic carbocycles. The second kappa shape index (κ2) is 10.9. The van der Waals surface area contributed by atoms with Gasteiger partial charge in [-0.1, -0.05) is 19.6 Å². The lowest BCUT2D eigenvalue weighted by Crippen LogP contribution is -2.08. The normalized spacial score (nSPS) is 7.92. The summed E-state index contributed by atoms with van der Waals surface area (Å²) in [6, 6.07) is 0. The summed E-state index contributed by atoms with van der Waals surface area (Å²) in [5, 5.41) is 8.19. The molecule has 1 N–H and O–H groups in total. The molecule has 0 aromatic heterocycles. The smallest absolute Gasteiger partial charge is 0.333 e. The number of esters is 1. The summed E-state index contributed by atoms with van der Waals surface area (Å²) in [6.45, 7) is 10.4. The summed E-state index contributed by atoms with van der Waals surface area (Å²) >= 11 is 0. The van der Waals surface area contributed by atoms with Crippen LogP contribution in [0.4, 0.5) is 0 Å². The van der Waals surface area contributed by atoms with Crippen LogP contribution in [0.15, 0.2) is 24.8 Å². The highest BCUT2D eigenvalue weighted by molar-refractivity contribution is 5.86. The molecule has 0 bridgehead atoms. The van der Waals surface area contributed by atoms with Crippen molar-refractivity contribution in [2.45, 2.75) is 20.3 Å². The Morgan fingerprint density at radius 1 is 1.62 bits per heavy atom. The van der Waals surface area contributed by atoms with Gasteiger partial charge in [0.15, 0.2) is 0 Å². The minimum Gasteiger partial charge on any atom is -0.460 e. The number of aliphatic hydroxyl groups excluding tert-OH is 1. The number of aliphatic hydroxyl groups is 1. The predicted octanol–water partition coefficient (Wildman–Crippen LogP) is 1.68. The highest BCUT2D eigenvalue weighted by Crippen LogP contribution is 1.89. The lowest BCUT2D eigenvalue weighted by molar-refractivity contribution is -0.139. The number of hydrogen-bond donors (Lipinski definition) is 1. The zero-order chi connectivity index (χ0) is 10.7. The maximum Gasteiger partial charge on any atom is 0.333 e. The van der Waals surface area contributed by atoms with E-state index in [1.165, 1.54) is 0 Å². The third-order valence-corrected chi connectivity index (χ3v) is 0.962. The highest BCUT2D eigenvalue weighted by Gasteiger charge is 1.99. The van der Waals surface area contributed by atoms with E-state index in [2.05, 4.69) is 24.8 Å². The van der Waals surface area contributed by atoms with Crippen molar-refractivity contribution in [1.82, 2.24) is 0 Å². The first-order valence-corrected chi connectivity index (χ1v) is 4.14. The molecule has 0 spiro atoms. The summed E-state index contributed by atoms with van der Waals surface area (Å²) in [5.41, 5.74) is 0.350. The van der Waals surface area contributed by atoms with Gasteiger partial charge in [-0.2, -0.15) is 0 Å². The third-order valence-electron chi connectivity index (χ3n) is 0.962. The molecular weight excluding hydrogens is 168 g/mol. The second-order valence-corrected chi connectivity index (χ2v) is 2.34. The second-order valence-electron chi connectivity index (χ2n) is 2.34. The zero-order valence-electron chi connectivity index (χ0n) is 8.38. The van der Waals surface area contributed by atoms with Crippen molar-refractivity contribution in [3.05, 3.63) is 24.8 Å². The van der Waals surface area contributed by atoms with Crippen LogP contribution in [0.25, 0.3) is 0 Å². The zero-order valence-corrected chi connectivity index (χ0v) is 8.38. The molecule has 0 saturated heterocycles. The molecule has 0 atom stereocenters. The average molecular weight is 186 g/mol. The van der Waals surface area contributed by atoms with Crippen LogP contribution in [-0.4, -0.2) is 24.3 Å². The maximum absolute atomic E-state index is 10.5. The van der Waals surface area contributed by atoms with Gasteiger partial charge in [-0.05, 0) is 13.3 Å². The van der Waals surface area contributed by atoms with Gasteiger partial charge in [0.1, 0.15) is 6.61 Å². The van der Waals surface area contributed by atoms with Gasteiger partial charge >= 0.3 is 5.97 Å². The van der Waals surface area contributed by atoms with Gasteiger partial charge in [-0.15, -0.1) is 6.58 Å². The Hall–Kier alpha value is -1.09. The Bertz CT molecular complexity index is 162. The standard InChI is InChI=1S/C6H10O3.C4H8/c1-5(2)6(8)9-4-3-7;1-3-4-2/h7H,1,3-4H2,2H3;3H,1,4H2,2H3. The maximum atomic E-state index is 10.5. The van der Waals surface area contributed by atoms with Crippen LogP contribution in [0.2, 0.25) is 0 Å². The van der Waals surface area contributed by atoms with Gasteiger partial charge in [0.2, 0.25) is 0 Å². The Morgan fingerprint density at radius 3 is 2.31 bits per heavy atom. The Kier molecular flexibility index (Phi) is 12.1. The van der Waals surface area contributed by atoms with Gasteiger partial charge in [0.25, 0.3) is 0 Å². The molecule has 0 rings (SSSR count). The van der Waals surface area contributed by atoms with Crippen LogP contribution < -0.4 is 0 Å². The van der Waals surface area contributed by atoms with E-state index < -0.39 is 5.97 Å². The summed E-state index contributed by atoms with van der Waals surface area (Å²) in [5.74, 6) is -0.455. The Labute approximate surface area is 79.7 Å². The van der Waals surface area contributed by atoms with E-state index in [1.54, 1.807) is 6.92 Å². The van der Waals surface area contributed by atoms with Gasteiger partial charge in [0, 0.05) is 5.57 Å². The van der Waals surface area contributed by atoms with E-state index in [0.29, 0.717) is 5.57 Å². The largest absolute Gasteiger partial charge is 0.460 e. The number of hydrogen-bond acceptors (Lipinski definition) is 3. The number of carbonyl (C=O) groups is 1. The summed E-state index contributed by atoms with van der Waals surface area (Å²) in [4.78, 5) is 10.5. The summed E-state index contributed by atoms with van der Waals surface area (Å²) in [7, 11) is 0. The lowest BCUT2D eigenvalue weighted by atomic mass is 10.4. The van der Waals surface area contributed by atoms with Crippen LogP contribution in [0.1, 0.15) is 20.3 Å². The topological polar surface area (TPSA) is 46.5 Å². The van der Waals surface area contributed by atoms with Crippen LogP contribution in [0.3, 0.4) is 0 Å². The van der Waals surface area contributed by atoms with E-state index in [1.807, 2.05) is 6.08 Å². The molecule has 3 nitrogen and oxygen atoms in total. The van der Waals surface area contributed by atoms with Crippen molar-refractivity contribution in [1.29, 1.82) is 0 Å². The van der Waals surface area contributed by atoms with Crippen LogP contribution >= 0.6 is 0 Å². The fourth-order valence-electron chi connectivity index (χ4n) is 0.262. The van der Waals surface area contributed by atoms with Crippen molar-refractivity contribution in [3.63, 3.8) is 0 Å². The van der Waals surface area contributed by atoms with Crippen molar-refractivity contribution >= 4 is 5.97 Å². The number of ether oxygens (including phenoxy) is 1. The van der Waals surface area contributed by atoms with Crippen LogP contribution in [0, 0.1) is 0 Å². The minimum atomic E-state index is -0.455. The van der Waals surface area contributed by atoms with Crippen molar-refractivity contribution < 1.29 is 14.6 Å². The Morgan fingerprint density at radius 2 is 2.08 bits per heavy atom. The summed E-state index contributed by atoms with van der Waals surface area (Å²) in [6.07, 6.45) is 2.96. The highest BCUT2D eigenvalue weighted by atomic mass is 16.5. The number of carbonyl (C=O) groups excluding carboxylic acids is 1. The summed E-state index contributed by atoms with van der Waals surface area (Å²) < 4.78 is 4.46. The SMILES string of the molecule is C=C(C)C(=O)OCCO.C=CCC. The van der Waals surface area contributed by atoms with Crippen LogP contribution in [0.5, 0.6) is 0 Å². The number of allylic oxidation sites excluding steroid dienone is 1. The first kappa shape index (κ1) is 14.4.